The van der Waals surface area contributed by atoms with Crippen LogP contribution in [0.25, 0.3) is 27.6 Å². The van der Waals surface area contributed by atoms with Crippen molar-refractivity contribution in [2.45, 2.75) is 19.4 Å². The second-order valence-electron chi connectivity index (χ2n) is 7.53. The number of para-hydroxylation sites is 1. The lowest BCUT2D eigenvalue weighted by atomic mass is 10.0. The van der Waals surface area contributed by atoms with Gasteiger partial charge in [-0.05, 0) is 36.1 Å². The Labute approximate surface area is 207 Å². The molecule has 7 nitrogen and oxygen atoms in total. The largest absolute Gasteiger partial charge is 0.360 e. The maximum atomic E-state index is 14.3. The fourth-order valence-corrected chi connectivity index (χ4v) is 4.79. The molecule has 0 aliphatic heterocycles. The van der Waals surface area contributed by atoms with Gasteiger partial charge >= 0.3 is 0 Å². The van der Waals surface area contributed by atoms with Gasteiger partial charge in [-0.1, -0.05) is 53.9 Å². The second-order valence-corrected chi connectivity index (χ2v) is 8.73. The van der Waals surface area contributed by atoms with E-state index in [1.54, 1.807) is 24.3 Å². The molecule has 1 atom stereocenters. The lowest BCUT2D eigenvalue weighted by Gasteiger charge is -2.24. The molecule has 5 aromatic rings. The number of nitrogens with one attached hydrogen (secondary N) is 2. The Balaban J connectivity index is 1.81. The average molecular weight is 518 g/mol. The number of imidazole rings is 1. The van der Waals surface area contributed by atoms with Crippen molar-refractivity contribution in [3.05, 3.63) is 86.0 Å². The molecule has 0 unspecified atom stereocenters. The summed E-state index contributed by atoms with van der Waals surface area (Å²) in [7, 11) is 0. The number of aromatic nitrogens is 5. The lowest BCUT2D eigenvalue weighted by molar-refractivity contribution is 0.629. The molecule has 0 radical (unpaired) electrons. The van der Waals surface area contributed by atoms with E-state index >= 15 is 0 Å². The molecule has 34 heavy (non-hydrogen) atoms. The van der Waals surface area contributed by atoms with E-state index in [0.717, 1.165) is 0 Å². The molecule has 0 bridgehead atoms. The number of halogens is 4. The molecule has 0 saturated carbocycles. The zero-order valence-corrected chi connectivity index (χ0v) is 19.9. The van der Waals surface area contributed by atoms with Crippen molar-refractivity contribution in [1.82, 2.24) is 24.5 Å². The number of rotatable bonds is 5. The third-order valence-electron chi connectivity index (χ3n) is 5.56. The quantitative estimate of drug-likeness (QED) is 0.285. The summed E-state index contributed by atoms with van der Waals surface area (Å²) in [5.74, 6) is -0.206. The minimum Gasteiger partial charge on any atom is -0.360 e. The summed E-state index contributed by atoms with van der Waals surface area (Å²) in [4.78, 5) is 29.5. The second kappa shape index (κ2) is 8.87. The molecule has 3 aromatic heterocycles. The first-order valence-electron chi connectivity index (χ1n) is 10.3. The van der Waals surface area contributed by atoms with Gasteiger partial charge in [0.05, 0.1) is 38.5 Å². The maximum absolute atomic E-state index is 14.3. The standard InChI is InChI=1S/C23H16Cl3FN6O/c1-2-15(32-22-19-21(29-9-28-19)30-10-31-22)16-8-11-6-7-14(27)18(26)17(11)23(34)33(16)20-12(24)4-3-5-13(20)25/h3-10,15H,2H2,1H3,(H2,28,29,30,31,32)/t15-/m1/s1. The predicted molar refractivity (Wildman–Crippen MR) is 133 cm³/mol. The van der Waals surface area contributed by atoms with E-state index in [0.29, 0.717) is 34.5 Å². The van der Waals surface area contributed by atoms with Crippen LogP contribution in [0.1, 0.15) is 25.1 Å². The summed E-state index contributed by atoms with van der Waals surface area (Å²) in [6.07, 6.45) is 3.49. The molecule has 0 aliphatic rings. The predicted octanol–water partition coefficient (Wildman–Crippen LogP) is 6.32. The number of hydrogen-bond acceptors (Lipinski definition) is 5. The van der Waals surface area contributed by atoms with E-state index in [1.165, 1.54) is 29.4 Å². The Morgan fingerprint density at radius 2 is 1.88 bits per heavy atom. The molecule has 2 aromatic carbocycles. The van der Waals surface area contributed by atoms with Gasteiger partial charge in [0.2, 0.25) is 0 Å². The van der Waals surface area contributed by atoms with Crippen LogP contribution in [0.15, 0.2) is 53.8 Å². The molecule has 172 valence electrons. The summed E-state index contributed by atoms with van der Waals surface area (Å²) >= 11 is 19.2. The van der Waals surface area contributed by atoms with Crippen molar-refractivity contribution < 1.29 is 4.39 Å². The Hall–Kier alpha value is -3.20. The van der Waals surface area contributed by atoms with Crippen LogP contribution in [0.5, 0.6) is 0 Å². The van der Waals surface area contributed by atoms with E-state index in [4.69, 9.17) is 34.8 Å². The van der Waals surface area contributed by atoms with E-state index < -0.39 is 17.4 Å². The van der Waals surface area contributed by atoms with E-state index in [1.807, 2.05) is 6.92 Å². The van der Waals surface area contributed by atoms with Gasteiger partial charge in [0, 0.05) is 5.69 Å². The third-order valence-corrected chi connectivity index (χ3v) is 6.54. The van der Waals surface area contributed by atoms with Gasteiger partial charge in [-0.3, -0.25) is 9.36 Å². The number of benzene rings is 2. The maximum Gasteiger partial charge on any atom is 0.264 e. The molecular weight excluding hydrogens is 502 g/mol. The van der Waals surface area contributed by atoms with E-state index in [2.05, 4.69) is 25.3 Å². The number of hydrogen-bond donors (Lipinski definition) is 2. The fraction of sp³-hybridized carbons (Fsp3) is 0.130. The smallest absolute Gasteiger partial charge is 0.264 e. The van der Waals surface area contributed by atoms with Gasteiger partial charge in [-0.2, -0.15) is 0 Å². The Morgan fingerprint density at radius 1 is 1.12 bits per heavy atom. The average Bonchev–Trinajstić information content (AvgIpc) is 3.30. The minimum atomic E-state index is -0.692. The normalized spacial score (nSPS) is 12.4. The van der Waals surface area contributed by atoms with Crippen LogP contribution in [-0.4, -0.2) is 24.5 Å². The van der Waals surface area contributed by atoms with Crippen molar-refractivity contribution >= 4 is 62.6 Å². The molecule has 0 aliphatic carbocycles. The van der Waals surface area contributed by atoms with Gasteiger partial charge < -0.3 is 10.3 Å². The van der Waals surface area contributed by atoms with Gasteiger partial charge in [0.25, 0.3) is 5.56 Å². The van der Waals surface area contributed by atoms with Crippen LogP contribution in [0.4, 0.5) is 10.2 Å². The van der Waals surface area contributed by atoms with Crippen molar-refractivity contribution in [3.8, 4) is 5.69 Å². The zero-order valence-electron chi connectivity index (χ0n) is 17.6. The number of nitrogens with zero attached hydrogens (tertiary/aromatic N) is 4. The first-order chi connectivity index (χ1) is 16.4. The molecule has 0 spiro atoms. The highest BCUT2D eigenvalue weighted by molar-refractivity contribution is 6.38. The summed E-state index contributed by atoms with van der Waals surface area (Å²) in [5, 5.41) is 4.13. The van der Waals surface area contributed by atoms with Crippen molar-refractivity contribution in [1.29, 1.82) is 0 Å². The van der Waals surface area contributed by atoms with Crippen molar-refractivity contribution in [2.75, 3.05) is 5.32 Å². The van der Waals surface area contributed by atoms with Crippen LogP contribution in [-0.2, 0) is 0 Å². The number of H-pyrrole nitrogens is 1. The van der Waals surface area contributed by atoms with Gasteiger partial charge in [-0.25, -0.2) is 19.3 Å². The lowest BCUT2D eigenvalue weighted by Crippen LogP contribution is -2.27. The molecule has 5 rings (SSSR count). The molecule has 0 fully saturated rings. The zero-order chi connectivity index (χ0) is 24.0. The highest BCUT2D eigenvalue weighted by atomic mass is 35.5. The molecule has 0 saturated heterocycles. The molecule has 2 N–H and O–H groups in total. The van der Waals surface area contributed by atoms with Crippen LogP contribution in [0.2, 0.25) is 15.1 Å². The number of aromatic amines is 1. The number of fused-ring (bicyclic) bond motifs is 2. The Morgan fingerprint density at radius 3 is 2.62 bits per heavy atom. The van der Waals surface area contributed by atoms with Crippen molar-refractivity contribution in [3.63, 3.8) is 0 Å². The van der Waals surface area contributed by atoms with Crippen LogP contribution in [0.3, 0.4) is 0 Å². The van der Waals surface area contributed by atoms with Crippen LogP contribution in [0, 0.1) is 5.82 Å². The Bertz CT molecular complexity index is 1600. The molecule has 0 amide bonds. The summed E-state index contributed by atoms with van der Waals surface area (Å²) < 4.78 is 15.7. The number of pyridine rings is 1. The fourth-order valence-electron chi connectivity index (χ4n) is 3.97. The summed E-state index contributed by atoms with van der Waals surface area (Å²) in [6.45, 7) is 1.95. The Kier molecular flexibility index (Phi) is 5.89. The molecule has 11 heteroatoms. The van der Waals surface area contributed by atoms with Gasteiger partial charge in [0.1, 0.15) is 17.7 Å². The monoisotopic (exact) mass is 516 g/mol. The van der Waals surface area contributed by atoms with E-state index in [9.17, 15) is 9.18 Å². The van der Waals surface area contributed by atoms with Gasteiger partial charge in [0.15, 0.2) is 11.5 Å². The number of anilines is 1. The SMILES string of the molecule is CC[C@@H](Nc1ncnc2[nH]cnc12)c1cc2ccc(F)c(Cl)c2c(=O)n1-c1c(Cl)cccc1Cl. The molecule has 3 heterocycles. The van der Waals surface area contributed by atoms with Crippen LogP contribution >= 0.6 is 34.8 Å². The first kappa shape index (κ1) is 22.6. The third kappa shape index (κ3) is 3.68. The minimum absolute atomic E-state index is 0.0352. The van der Waals surface area contributed by atoms with Gasteiger partial charge in [-0.15, -0.1) is 0 Å². The summed E-state index contributed by atoms with van der Waals surface area (Å²) in [5.41, 5.74) is 1.40. The first-order valence-corrected chi connectivity index (χ1v) is 11.4. The highest BCUT2D eigenvalue weighted by Crippen LogP contribution is 2.34. The highest BCUT2D eigenvalue weighted by Gasteiger charge is 2.24. The van der Waals surface area contributed by atoms with Crippen LogP contribution < -0.4 is 10.9 Å². The molecular formula is C23H16Cl3FN6O. The van der Waals surface area contributed by atoms with Crippen molar-refractivity contribution in [2.24, 2.45) is 0 Å². The van der Waals surface area contributed by atoms with E-state index in [-0.39, 0.29) is 26.1 Å². The topological polar surface area (TPSA) is 88.5 Å². The summed E-state index contributed by atoms with van der Waals surface area (Å²) in [6, 6.07) is 9.02.